The smallest absolute Gasteiger partial charge is 0.242 e. The van der Waals surface area contributed by atoms with Crippen molar-refractivity contribution in [1.29, 1.82) is 0 Å². The number of hydrogen-bond acceptors (Lipinski definition) is 1. The fourth-order valence-electron chi connectivity index (χ4n) is 0.951. The average Bonchev–Trinajstić information content (AvgIpc) is 2.11. The van der Waals surface area contributed by atoms with Gasteiger partial charge in [-0.2, -0.15) is 0 Å². The quantitative estimate of drug-likeness (QED) is 0.420. The van der Waals surface area contributed by atoms with Crippen LogP contribution in [0.2, 0.25) is 0 Å². The molecular formula is C7H14N2S+2. The van der Waals surface area contributed by atoms with E-state index in [1.807, 2.05) is 0 Å². The van der Waals surface area contributed by atoms with Crippen molar-refractivity contribution in [3.8, 4) is 0 Å². The predicted octanol–water partition coefficient (Wildman–Crippen LogP) is 0.769. The molecule has 0 amide bonds. The first-order valence-electron chi connectivity index (χ1n) is 3.25. The molecule has 0 fully saturated rings. The second kappa shape index (κ2) is 2.32. The molecule has 0 aliphatic heterocycles. The predicted molar refractivity (Wildman–Crippen MR) is 45.1 cm³/mol. The molecule has 1 rings (SSSR count). The lowest BCUT2D eigenvalue weighted by molar-refractivity contribution is -0.659. The van der Waals surface area contributed by atoms with Crippen LogP contribution in [0, 0.1) is 0 Å². The van der Waals surface area contributed by atoms with Crippen LogP contribution < -0.4 is 9.05 Å². The zero-order valence-corrected chi connectivity index (χ0v) is 7.77. The summed E-state index contributed by atoms with van der Waals surface area (Å²) in [5.41, 5.74) is 2.11. The van der Waals surface area contributed by atoms with Crippen molar-refractivity contribution in [2.45, 2.75) is 0 Å². The van der Waals surface area contributed by atoms with E-state index in [0.29, 0.717) is 0 Å². The van der Waals surface area contributed by atoms with E-state index in [1.165, 1.54) is 5.82 Å². The SMILES string of the molecule is C[n+]1cscc1[N+](C)(C)C. The average molecular weight is 158 g/mol. The molecule has 0 unspecified atom stereocenters. The molecular weight excluding hydrogens is 144 g/mol. The zero-order chi connectivity index (χ0) is 7.78. The largest absolute Gasteiger partial charge is 0.379 e. The Morgan fingerprint density at radius 1 is 1.40 bits per heavy atom. The number of thiazole rings is 1. The normalized spacial score (nSPS) is 12.0. The van der Waals surface area contributed by atoms with Gasteiger partial charge in [-0.1, -0.05) is 11.3 Å². The summed E-state index contributed by atoms with van der Waals surface area (Å²) >= 11 is 1.74. The molecule has 0 radical (unpaired) electrons. The van der Waals surface area contributed by atoms with E-state index in [2.05, 4.69) is 43.6 Å². The Morgan fingerprint density at radius 2 is 2.00 bits per heavy atom. The molecule has 0 saturated carbocycles. The van der Waals surface area contributed by atoms with Gasteiger partial charge in [0.25, 0.3) is 0 Å². The van der Waals surface area contributed by atoms with Crippen LogP contribution in [-0.2, 0) is 7.05 Å². The van der Waals surface area contributed by atoms with Gasteiger partial charge in [-0.25, -0.2) is 4.48 Å². The minimum absolute atomic E-state index is 0.889. The molecule has 56 valence electrons. The van der Waals surface area contributed by atoms with Crippen LogP contribution >= 0.6 is 11.3 Å². The van der Waals surface area contributed by atoms with Crippen molar-refractivity contribution in [3.05, 3.63) is 10.9 Å². The van der Waals surface area contributed by atoms with Crippen molar-refractivity contribution in [1.82, 2.24) is 4.48 Å². The lowest BCUT2D eigenvalue weighted by Gasteiger charge is -2.16. The van der Waals surface area contributed by atoms with Crippen LogP contribution in [0.3, 0.4) is 0 Å². The third-order valence-electron chi connectivity index (χ3n) is 1.44. The van der Waals surface area contributed by atoms with Crippen LogP contribution in [0.4, 0.5) is 5.82 Å². The molecule has 0 aliphatic rings. The van der Waals surface area contributed by atoms with E-state index in [1.54, 1.807) is 11.3 Å². The van der Waals surface area contributed by atoms with Crippen molar-refractivity contribution < 1.29 is 4.57 Å². The number of aromatic nitrogens is 1. The Morgan fingerprint density at radius 3 is 2.20 bits per heavy atom. The van der Waals surface area contributed by atoms with E-state index in [9.17, 15) is 0 Å². The number of nitrogens with zero attached hydrogens (tertiary/aromatic N) is 2. The van der Waals surface area contributed by atoms with E-state index < -0.39 is 0 Å². The molecule has 1 heterocycles. The first-order chi connectivity index (χ1) is 4.52. The van der Waals surface area contributed by atoms with Gasteiger partial charge in [0.15, 0.2) is 0 Å². The standard InChI is InChI=1S/C7H14N2S/c1-8-6-10-5-7(8)9(2,3)4/h5-6H,1-4H3/q+2. The third-order valence-corrected chi connectivity index (χ3v) is 2.23. The Balaban J connectivity index is 3.05. The topological polar surface area (TPSA) is 3.88 Å². The lowest BCUT2D eigenvalue weighted by atomic mass is 10.6. The number of hydrogen-bond donors (Lipinski definition) is 0. The molecule has 0 aliphatic carbocycles. The van der Waals surface area contributed by atoms with Crippen LogP contribution in [0.15, 0.2) is 10.9 Å². The Hall–Kier alpha value is -0.410. The molecule has 0 aromatic carbocycles. The molecule has 1 aromatic rings. The lowest BCUT2D eigenvalue weighted by Crippen LogP contribution is -2.44. The van der Waals surface area contributed by atoms with Gasteiger partial charge in [0, 0.05) is 0 Å². The highest BCUT2D eigenvalue weighted by molar-refractivity contribution is 7.07. The molecule has 0 bridgehead atoms. The highest BCUT2D eigenvalue weighted by Gasteiger charge is 2.23. The summed E-state index contributed by atoms with van der Waals surface area (Å²) in [5.74, 6) is 1.34. The van der Waals surface area contributed by atoms with Crippen LogP contribution in [0.1, 0.15) is 0 Å². The Labute approximate surface area is 65.9 Å². The number of aryl methyl sites for hydroxylation is 1. The number of rotatable bonds is 1. The summed E-state index contributed by atoms with van der Waals surface area (Å²) in [5, 5.41) is 2.18. The number of quaternary nitrogens is 1. The molecule has 10 heavy (non-hydrogen) atoms. The molecule has 0 N–H and O–H groups in total. The van der Waals surface area contributed by atoms with Gasteiger partial charge < -0.3 is 0 Å². The van der Waals surface area contributed by atoms with Gasteiger partial charge in [0.1, 0.15) is 12.4 Å². The maximum atomic E-state index is 2.18. The monoisotopic (exact) mass is 158 g/mol. The van der Waals surface area contributed by atoms with E-state index in [0.717, 1.165) is 4.48 Å². The third kappa shape index (κ3) is 1.36. The molecule has 0 spiro atoms. The van der Waals surface area contributed by atoms with Crippen molar-refractivity contribution in [2.24, 2.45) is 7.05 Å². The summed E-state index contributed by atoms with van der Waals surface area (Å²) in [7, 11) is 8.58. The summed E-state index contributed by atoms with van der Waals surface area (Å²) in [6.45, 7) is 0. The first kappa shape index (κ1) is 7.69. The van der Waals surface area contributed by atoms with E-state index in [4.69, 9.17) is 0 Å². The summed E-state index contributed by atoms with van der Waals surface area (Å²) in [4.78, 5) is 0. The van der Waals surface area contributed by atoms with Crippen molar-refractivity contribution in [3.63, 3.8) is 0 Å². The Bertz CT molecular complexity index is 222. The van der Waals surface area contributed by atoms with Gasteiger partial charge in [-0.05, 0) is 0 Å². The zero-order valence-electron chi connectivity index (χ0n) is 6.96. The highest BCUT2D eigenvalue weighted by Crippen LogP contribution is 2.12. The minimum Gasteiger partial charge on any atom is -0.242 e. The molecule has 0 atom stereocenters. The second-order valence-electron chi connectivity index (χ2n) is 3.34. The van der Waals surface area contributed by atoms with Crippen molar-refractivity contribution in [2.75, 3.05) is 21.1 Å². The molecule has 0 saturated heterocycles. The van der Waals surface area contributed by atoms with E-state index in [-0.39, 0.29) is 0 Å². The van der Waals surface area contributed by atoms with Gasteiger partial charge in [-0.3, -0.25) is 0 Å². The summed E-state index contributed by atoms with van der Waals surface area (Å²) in [6.07, 6.45) is 0. The molecule has 1 aromatic heterocycles. The highest BCUT2D eigenvalue weighted by atomic mass is 32.1. The summed E-state index contributed by atoms with van der Waals surface area (Å²) < 4.78 is 3.05. The Kier molecular flexibility index (Phi) is 1.79. The second-order valence-corrected chi connectivity index (χ2v) is 4.06. The molecule has 3 heteroatoms. The molecule has 2 nitrogen and oxygen atoms in total. The fraction of sp³-hybridized carbons (Fsp3) is 0.571. The van der Waals surface area contributed by atoms with Gasteiger partial charge in [0.2, 0.25) is 5.51 Å². The van der Waals surface area contributed by atoms with Crippen LogP contribution in [0.5, 0.6) is 0 Å². The summed E-state index contributed by atoms with van der Waals surface area (Å²) in [6, 6.07) is 0. The van der Waals surface area contributed by atoms with Gasteiger partial charge >= 0.3 is 5.82 Å². The van der Waals surface area contributed by atoms with E-state index >= 15 is 0 Å². The first-order valence-corrected chi connectivity index (χ1v) is 4.20. The maximum absolute atomic E-state index is 2.18. The van der Waals surface area contributed by atoms with Gasteiger partial charge in [0.05, 0.1) is 21.1 Å². The maximum Gasteiger partial charge on any atom is 0.379 e. The minimum atomic E-state index is 0.889. The fourth-order valence-corrected chi connectivity index (χ4v) is 1.91. The van der Waals surface area contributed by atoms with Crippen LogP contribution in [0.25, 0.3) is 0 Å². The van der Waals surface area contributed by atoms with Gasteiger partial charge in [-0.15, -0.1) is 4.57 Å². The van der Waals surface area contributed by atoms with Crippen LogP contribution in [-0.4, -0.2) is 21.1 Å². The van der Waals surface area contributed by atoms with Crippen molar-refractivity contribution >= 4 is 17.2 Å².